The normalized spacial score (nSPS) is 10.5. The van der Waals surface area contributed by atoms with Gasteiger partial charge in [0.05, 0.1) is 12.1 Å². The molecule has 0 saturated heterocycles. The highest BCUT2D eigenvalue weighted by Gasteiger charge is 2.08. The van der Waals surface area contributed by atoms with E-state index in [1.165, 1.54) is 0 Å². The predicted molar refractivity (Wildman–Crippen MR) is 53.9 cm³/mol. The minimum Gasteiger partial charge on any atom is -0.481 e. The Bertz CT molecular complexity index is 506. The third-order valence-corrected chi connectivity index (χ3v) is 1.99. The molecule has 0 bridgehead atoms. The van der Waals surface area contributed by atoms with Crippen molar-refractivity contribution < 1.29 is 9.90 Å². The summed E-state index contributed by atoms with van der Waals surface area (Å²) in [5.74, 6) is -0.258. The number of aliphatic carboxylic acids is 1. The zero-order valence-electron chi connectivity index (χ0n) is 8.14. The average molecular weight is 206 g/mol. The maximum atomic E-state index is 10.5. The van der Waals surface area contributed by atoms with Crippen LogP contribution in [-0.2, 0) is 11.2 Å². The van der Waals surface area contributed by atoms with E-state index in [4.69, 9.17) is 5.11 Å². The van der Waals surface area contributed by atoms with Crippen LogP contribution in [0.1, 0.15) is 5.69 Å². The van der Waals surface area contributed by atoms with Gasteiger partial charge in [-0.25, -0.2) is 9.97 Å². The molecule has 0 aliphatic rings. The number of anilines is 1. The van der Waals surface area contributed by atoms with Gasteiger partial charge >= 0.3 is 5.97 Å². The van der Waals surface area contributed by atoms with Crippen LogP contribution in [0, 0.1) is 0 Å². The standard InChI is InChI=1S/C9H10N4O2/c1-10-8-9-12-6(4-7(14)15)5-13(9)3-2-11-8/h2-3,5H,4H2,1H3,(H,10,11)(H,14,15). The summed E-state index contributed by atoms with van der Waals surface area (Å²) in [6.07, 6.45) is 4.97. The Morgan fingerprint density at radius 1 is 1.67 bits per heavy atom. The number of hydrogen-bond acceptors (Lipinski definition) is 4. The minimum absolute atomic E-state index is 0.0785. The van der Waals surface area contributed by atoms with Crippen molar-refractivity contribution in [2.24, 2.45) is 0 Å². The van der Waals surface area contributed by atoms with E-state index in [1.807, 2.05) is 0 Å². The van der Waals surface area contributed by atoms with Crippen LogP contribution in [-0.4, -0.2) is 32.5 Å². The lowest BCUT2D eigenvalue weighted by Crippen LogP contribution is -1.99. The smallest absolute Gasteiger partial charge is 0.309 e. The Hall–Kier alpha value is -2.11. The highest BCUT2D eigenvalue weighted by molar-refractivity contribution is 5.71. The highest BCUT2D eigenvalue weighted by Crippen LogP contribution is 2.12. The summed E-state index contributed by atoms with van der Waals surface area (Å²) >= 11 is 0. The van der Waals surface area contributed by atoms with Gasteiger partial charge in [0.15, 0.2) is 11.5 Å². The number of fused-ring (bicyclic) bond motifs is 1. The number of rotatable bonds is 3. The van der Waals surface area contributed by atoms with Crippen LogP contribution in [0.25, 0.3) is 5.65 Å². The van der Waals surface area contributed by atoms with Gasteiger partial charge in [-0.2, -0.15) is 0 Å². The van der Waals surface area contributed by atoms with E-state index in [9.17, 15) is 4.79 Å². The second-order valence-corrected chi connectivity index (χ2v) is 3.06. The molecule has 0 fully saturated rings. The van der Waals surface area contributed by atoms with Gasteiger partial charge in [-0.15, -0.1) is 0 Å². The Morgan fingerprint density at radius 3 is 3.13 bits per heavy atom. The molecule has 0 saturated carbocycles. The van der Waals surface area contributed by atoms with E-state index >= 15 is 0 Å². The van der Waals surface area contributed by atoms with Gasteiger partial charge in [0, 0.05) is 25.6 Å². The molecule has 6 heteroatoms. The SMILES string of the molecule is CNc1nccn2cc(CC(=O)O)nc12. The molecular weight excluding hydrogens is 196 g/mol. The lowest BCUT2D eigenvalue weighted by Gasteiger charge is -1.98. The van der Waals surface area contributed by atoms with E-state index in [1.54, 1.807) is 30.0 Å². The lowest BCUT2D eigenvalue weighted by molar-refractivity contribution is -0.136. The second kappa shape index (κ2) is 3.56. The summed E-state index contributed by atoms with van der Waals surface area (Å²) < 4.78 is 1.75. The first-order chi connectivity index (χ1) is 7.20. The van der Waals surface area contributed by atoms with Gasteiger partial charge in [-0.1, -0.05) is 0 Å². The Labute approximate surface area is 85.6 Å². The van der Waals surface area contributed by atoms with Crippen molar-refractivity contribution in [3.05, 3.63) is 24.3 Å². The molecule has 78 valence electrons. The molecule has 6 nitrogen and oxygen atoms in total. The third kappa shape index (κ3) is 1.74. The van der Waals surface area contributed by atoms with E-state index in [0.717, 1.165) is 0 Å². The summed E-state index contributed by atoms with van der Waals surface area (Å²) in [4.78, 5) is 18.8. The van der Waals surface area contributed by atoms with Crippen molar-refractivity contribution in [3.8, 4) is 0 Å². The number of hydrogen-bond donors (Lipinski definition) is 2. The van der Waals surface area contributed by atoms with Crippen LogP contribution >= 0.6 is 0 Å². The van der Waals surface area contributed by atoms with Crippen LogP contribution in [0.15, 0.2) is 18.6 Å². The maximum Gasteiger partial charge on any atom is 0.309 e. The first kappa shape index (κ1) is 9.45. The first-order valence-corrected chi connectivity index (χ1v) is 4.43. The number of imidazole rings is 1. The fourth-order valence-corrected chi connectivity index (χ4v) is 1.39. The number of carboxylic acid groups (broad SMARTS) is 1. The van der Waals surface area contributed by atoms with Gasteiger partial charge in [0.1, 0.15) is 0 Å². The number of carboxylic acids is 1. The Morgan fingerprint density at radius 2 is 2.47 bits per heavy atom. The van der Waals surface area contributed by atoms with Gasteiger partial charge in [-0.05, 0) is 0 Å². The molecule has 2 heterocycles. The molecule has 2 N–H and O–H groups in total. The molecule has 0 unspecified atom stereocenters. The zero-order chi connectivity index (χ0) is 10.8. The summed E-state index contributed by atoms with van der Waals surface area (Å²) in [7, 11) is 1.74. The number of aromatic nitrogens is 3. The molecule has 0 spiro atoms. The van der Waals surface area contributed by atoms with Crippen molar-refractivity contribution >= 4 is 17.4 Å². The molecule has 15 heavy (non-hydrogen) atoms. The van der Waals surface area contributed by atoms with Crippen LogP contribution in [0.2, 0.25) is 0 Å². The third-order valence-electron chi connectivity index (χ3n) is 1.99. The van der Waals surface area contributed by atoms with Gasteiger partial charge in [-0.3, -0.25) is 4.79 Å². The monoisotopic (exact) mass is 206 g/mol. The topological polar surface area (TPSA) is 79.5 Å². The summed E-state index contributed by atoms with van der Waals surface area (Å²) in [6.45, 7) is 0. The van der Waals surface area contributed by atoms with Gasteiger partial charge in [0.2, 0.25) is 0 Å². The fraction of sp³-hybridized carbons (Fsp3) is 0.222. The molecule has 0 aromatic carbocycles. The first-order valence-electron chi connectivity index (χ1n) is 4.43. The van der Waals surface area contributed by atoms with Gasteiger partial charge in [0.25, 0.3) is 0 Å². The largest absolute Gasteiger partial charge is 0.481 e. The quantitative estimate of drug-likeness (QED) is 0.759. The van der Waals surface area contributed by atoms with Crippen molar-refractivity contribution in [2.45, 2.75) is 6.42 Å². The Balaban J connectivity index is 2.50. The minimum atomic E-state index is -0.891. The summed E-state index contributed by atoms with van der Waals surface area (Å²) in [5.41, 5.74) is 1.16. The van der Waals surface area contributed by atoms with Crippen LogP contribution < -0.4 is 5.32 Å². The number of nitrogens with zero attached hydrogens (tertiary/aromatic N) is 3. The van der Waals surface area contributed by atoms with Gasteiger partial charge < -0.3 is 14.8 Å². The molecule has 2 aromatic rings. The van der Waals surface area contributed by atoms with Crippen LogP contribution in [0.5, 0.6) is 0 Å². The number of nitrogens with one attached hydrogen (secondary N) is 1. The molecular formula is C9H10N4O2. The van der Waals surface area contributed by atoms with E-state index in [-0.39, 0.29) is 6.42 Å². The fourth-order valence-electron chi connectivity index (χ4n) is 1.39. The van der Waals surface area contributed by atoms with Crippen molar-refractivity contribution in [3.63, 3.8) is 0 Å². The van der Waals surface area contributed by atoms with Crippen molar-refractivity contribution in [2.75, 3.05) is 12.4 Å². The lowest BCUT2D eigenvalue weighted by atomic mass is 10.3. The molecule has 2 aromatic heterocycles. The molecule has 0 amide bonds. The molecule has 0 aliphatic heterocycles. The van der Waals surface area contributed by atoms with E-state index < -0.39 is 5.97 Å². The molecule has 0 aliphatic carbocycles. The Kier molecular flexibility index (Phi) is 2.24. The molecule has 0 radical (unpaired) electrons. The maximum absolute atomic E-state index is 10.5. The summed E-state index contributed by atoms with van der Waals surface area (Å²) in [5, 5.41) is 11.5. The predicted octanol–water partition coefficient (Wildman–Crippen LogP) is 0.398. The van der Waals surface area contributed by atoms with Crippen LogP contribution in [0.4, 0.5) is 5.82 Å². The second-order valence-electron chi connectivity index (χ2n) is 3.06. The average Bonchev–Trinajstić information content (AvgIpc) is 2.58. The molecule has 2 rings (SSSR count). The van der Waals surface area contributed by atoms with E-state index in [0.29, 0.717) is 17.2 Å². The zero-order valence-corrected chi connectivity index (χ0v) is 8.14. The number of carbonyl (C=O) groups is 1. The summed E-state index contributed by atoms with van der Waals surface area (Å²) in [6, 6.07) is 0. The van der Waals surface area contributed by atoms with Crippen molar-refractivity contribution in [1.29, 1.82) is 0 Å². The van der Waals surface area contributed by atoms with Crippen molar-refractivity contribution in [1.82, 2.24) is 14.4 Å². The van der Waals surface area contributed by atoms with Crippen LogP contribution in [0.3, 0.4) is 0 Å². The highest BCUT2D eigenvalue weighted by atomic mass is 16.4. The molecule has 0 atom stereocenters. The van der Waals surface area contributed by atoms with E-state index in [2.05, 4.69) is 15.3 Å².